The van der Waals surface area contributed by atoms with E-state index in [0.29, 0.717) is 24.8 Å². The molecule has 0 aromatic carbocycles. The zero-order chi connectivity index (χ0) is 14.1. The average Bonchev–Trinajstić information content (AvgIpc) is 2.76. The van der Waals surface area contributed by atoms with E-state index in [2.05, 4.69) is 28.8 Å². The highest BCUT2D eigenvalue weighted by Gasteiger charge is 2.22. The largest absolute Gasteiger partial charge is 0.309 e. The van der Waals surface area contributed by atoms with Crippen LogP contribution >= 0.6 is 11.3 Å². The third-order valence-electron chi connectivity index (χ3n) is 3.80. The van der Waals surface area contributed by atoms with Crippen molar-refractivity contribution in [1.29, 1.82) is 0 Å². The first-order valence-electron chi connectivity index (χ1n) is 7.04. The second-order valence-electron chi connectivity index (χ2n) is 5.46. The minimum atomic E-state index is 0.0115. The fraction of sp³-hybridized carbons (Fsp3) is 0.467. The predicted octanol–water partition coefficient (Wildman–Crippen LogP) is 2.39. The summed E-state index contributed by atoms with van der Waals surface area (Å²) in [4.78, 5) is 22.1. The van der Waals surface area contributed by atoms with Crippen molar-refractivity contribution in [3.8, 4) is 0 Å². The summed E-state index contributed by atoms with van der Waals surface area (Å²) >= 11 is 1.69. The second-order valence-corrected chi connectivity index (χ2v) is 6.55. The Bertz CT molecular complexity index is 701. The van der Waals surface area contributed by atoms with Crippen molar-refractivity contribution in [3.05, 3.63) is 39.3 Å². The summed E-state index contributed by atoms with van der Waals surface area (Å²) in [5, 5.41) is 3.99. The zero-order valence-corrected chi connectivity index (χ0v) is 12.5. The Morgan fingerprint density at radius 1 is 1.60 bits per heavy atom. The molecular formula is C15H19N3OS. The lowest BCUT2D eigenvalue weighted by molar-refractivity contribution is 0.509. The van der Waals surface area contributed by atoms with Gasteiger partial charge in [0.25, 0.3) is 5.56 Å². The number of rotatable bonds is 4. The van der Waals surface area contributed by atoms with Crippen LogP contribution in [0.5, 0.6) is 0 Å². The van der Waals surface area contributed by atoms with Crippen LogP contribution in [0.25, 0.3) is 10.2 Å². The maximum absolute atomic E-state index is 12.3. The van der Waals surface area contributed by atoms with E-state index in [0.717, 1.165) is 23.1 Å². The number of hydrogen-bond acceptors (Lipinski definition) is 4. The molecule has 2 aromatic heterocycles. The first-order chi connectivity index (χ1) is 9.69. The topological polar surface area (TPSA) is 57.8 Å². The first kappa shape index (κ1) is 13.5. The average molecular weight is 289 g/mol. The molecule has 1 aliphatic carbocycles. The van der Waals surface area contributed by atoms with Crippen LogP contribution in [-0.2, 0) is 19.4 Å². The van der Waals surface area contributed by atoms with Gasteiger partial charge in [0.1, 0.15) is 10.7 Å². The molecule has 2 aromatic rings. The van der Waals surface area contributed by atoms with Crippen molar-refractivity contribution in [1.82, 2.24) is 15.3 Å². The Balaban J connectivity index is 2.00. The Kier molecular flexibility index (Phi) is 3.72. The number of fused-ring (bicyclic) bond motifs is 3. The molecule has 1 unspecified atom stereocenters. The molecule has 20 heavy (non-hydrogen) atoms. The van der Waals surface area contributed by atoms with Crippen LogP contribution in [-0.4, -0.2) is 16.5 Å². The number of H-pyrrole nitrogens is 1. The summed E-state index contributed by atoms with van der Waals surface area (Å²) in [6.45, 7) is 7.21. The predicted molar refractivity (Wildman–Crippen MR) is 83.3 cm³/mol. The Morgan fingerprint density at radius 3 is 3.25 bits per heavy atom. The van der Waals surface area contributed by atoms with Crippen LogP contribution in [0.1, 0.15) is 29.6 Å². The summed E-state index contributed by atoms with van der Waals surface area (Å²) in [5.41, 5.74) is 1.25. The van der Waals surface area contributed by atoms with Crippen molar-refractivity contribution in [2.75, 3.05) is 6.54 Å². The molecular weight excluding hydrogens is 270 g/mol. The van der Waals surface area contributed by atoms with E-state index in [1.165, 1.54) is 16.9 Å². The number of nitrogens with zero attached hydrogens (tertiary/aromatic N) is 1. The molecule has 0 saturated heterocycles. The van der Waals surface area contributed by atoms with Crippen LogP contribution < -0.4 is 10.9 Å². The molecule has 4 nitrogen and oxygen atoms in total. The van der Waals surface area contributed by atoms with E-state index in [4.69, 9.17) is 0 Å². The molecule has 1 atom stereocenters. The van der Waals surface area contributed by atoms with Crippen molar-refractivity contribution in [2.45, 2.75) is 32.7 Å². The molecule has 1 aliphatic rings. The van der Waals surface area contributed by atoms with Crippen molar-refractivity contribution in [2.24, 2.45) is 5.92 Å². The van der Waals surface area contributed by atoms with Gasteiger partial charge in [-0.2, -0.15) is 0 Å². The highest BCUT2D eigenvalue weighted by molar-refractivity contribution is 7.18. The van der Waals surface area contributed by atoms with Crippen molar-refractivity contribution >= 4 is 21.6 Å². The van der Waals surface area contributed by atoms with Gasteiger partial charge in [0.2, 0.25) is 0 Å². The lowest BCUT2D eigenvalue weighted by Crippen LogP contribution is -2.19. The highest BCUT2D eigenvalue weighted by Crippen LogP contribution is 2.35. The fourth-order valence-electron chi connectivity index (χ4n) is 2.77. The van der Waals surface area contributed by atoms with Crippen LogP contribution in [0.4, 0.5) is 0 Å². The molecule has 0 saturated carbocycles. The van der Waals surface area contributed by atoms with E-state index in [1.807, 2.05) is 0 Å². The summed E-state index contributed by atoms with van der Waals surface area (Å²) in [5.74, 6) is 1.42. The molecule has 0 spiro atoms. The van der Waals surface area contributed by atoms with Gasteiger partial charge >= 0.3 is 0 Å². The van der Waals surface area contributed by atoms with E-state index >= 15 is 0 Å². The molecule has 2 heterocycles. The quantitative estimate of drug-likeness (QED) is 0.671. The van der Waals surface area contributed by atoms with Gasteiger partial charge in [0.05, 0.1) is 11.9 Å². The number of nitrogens with one attached hydrogen (secondary N) is 2. The van der Waals surface area contributed by atoms with Gasteiger partial charge in [-0.15, -0.1) is 17.9 Å². The monoisotopic (exact) mass is 289 g/mol. The number of hydrogen-bond donors (Lipinski definition) is 2. The van der Waals surface area contributed by atoms with Crippen LogP contribution in [0.2, 0.25) is 0 Å². The maximum atomic E-state index is 12.3. The Labute approximate surface area is 121 Å². The molecule has 106 valence electrons. The van der Waals surface area contributed by atoms with Crippen LogP contribution in [0.3, 0.4) is 0 Å². The third kappa shape index (κ3) is 2.43. The SMILES string of the molecule is C=CCNCc1nc2sc3c(c2c(=O)[nH]1)CCC(C)C3. The van der Waals surface area contributed by atoms with Crippen LogP contribution in [0.15, 0.2) is 17.4 Å². The number of aromatic nitrogens is 2. The number of thiophene rings is 1. The lowest BCUT2D eigenvalue weighted by atomic mass is 9.89. The second kappa shape index (κ2) is 5.50. The third-order valence-corrected chi connectivity index (χ3v) is 4.94. The van der Waals surface area contributed by atoms with Gasteiger partial charge in [-0.3, -0.25) is 4.79 Å². The minimum absolute atomic E-state index is 0.0115. The van der Waals surface area contributed by atoms with Crippen molar-refractivity contribution < 1.29 is 0 Å². The van der Waals surface area contributed by atoms with Crippen molar-refractivity contribution in [3.63, 3.8) is 0 Å². The molecule has 0 radical (unpaired) electrons. The highest BCUT2D eigenvalue weighted by atomic mass is 32.1. The summed E-state index contributed by atoms with van der Waals surface area (Å²) in [6.07, 6.45) is 5.05. The van der Waals surface area contributed by atoms with Gasteiger partial charge < -0.3 is 10.3 Å². The van der Waals surface area contributed by atoms with Gasteiger partial charge in [0, 0.05) is 11.4 Å². The minimum Gasteiger partial charge on any atom is -0.309 e. The molecule has 0 bridgehead atoms. The van der Waals surface area contributed by atoms with E-state index in [9.17, 15) is 4.79 Å². The van der Waals surface area contributed by atoms with E-state index in [1.54, 1.807) is 17.4 Å². The summed E-state index contributed by atoms with van der Waals surface area (Å²) in [7, 11) is 0. The standard InChI is InChI=1S/C15H19N3OS/c1-3-6-16-8-12-17-14(19)13-10-5-4-9(2)7-11(10)20-15(13)18-12/h3,9,16H,1,4-8H2,2H3,(H,17,18,19). The smallest absolute Gasteiger partial charge is 0.259 e. The molecule has 3 rings (SSSR count). The summed E-state index contributed by atoms with van der Waals surface area (Å²) < 4.78 is 0. The van der Waals surface area contributed by atoms with E-state index in [-0.39, 0.29) is 5.56 Å². The molecule has 5 heteroatoms. The fourth-order valence-corrected chi connectivity index (χ4v) is 4.17. The molecule has 2 N–H and O–H groups in total. The number of aryl methyl sites for hydroxylation is 1. The Morgan fingerprint density at radius 2 is 2.45 bits per heavy atom. The zero-order valence-electron chi connectivity index (χ0n) is 11.7. The molecule has 0 aliphatic heterocycles. The van der Waals surface area contributed by atoms with Gasteiger partial charge in [-0.1, -0.05) is 13.0 Å². The maximum Gasteiger partial charge on any atom is 0.259 e. The number of aromatic amines is 1. The van der Waals surface area contributed by atoms with Gasteiger partial charge in [-0.25, -0.2) is 4.98 Å². The summed E-state index contributed by atoms with van der Waals surface area (Å²) in [6, 6.07) is 0. The van der Waals surface area contributed by atoms with Gasteiger partial charge in [0.15, 0.2) is 0 Å². The molecule has 0 fully saturated rings. The van der Waals surface area contributed by atoms with E-state index < -0.39 is 0 Å². The Hall–Kier alpha value is -1.46. The lowest BCUT2D eigenvalue weighted by Gasteiger charge is -2.17. The van der Waals surface area contributed by atoms with Gasteiger partial charge in [-0.05, 0) is 30.7 Å². The molecule has 0 amide bonds. The van der Waals surface area contributed by atoms with Crippen LogP contribution in [0, 0.1) is 5.92 Å². The first-order valence-corrected chi connectivity index (χ1v) is 7.85. The normalized spacial score (nSPS) is 18.1.